The first-order valence-corrected chi connectivity index (χ1v) is 9.11. The Balaban J connectivity index is -0.000000882. The molecule has 0 amide bonds. The van der Waals surface area contributed by atoms with E-state index in [9.17, 15) is 9.59 Å². The van der Waals surface area contributed by atoms with Gasteiger partial charge in [-0.25, -0.2) is 0 Å². The maximum atomic E-state index is 12.0. The SMILES string of the molecule is CCOC(=O)[C@H](CC(C)C)NCCN[C@@H](CC(C)C)C(=O)OCC.[Cl-].[Cl-].[Pt+2]. The van der Waals surface area contributed by atoms with E-state index in [0.717, 1.165) is 12.8 Å². The van der Waals surface area contributed by atoms with E-state index in [0.29, 0.717) is 38.1 Å². The van der Waals surface area contributed by atoms with Gasteiger partial charge < -0.3 is 44.9 Å². The largest absolute Gasteiger partial charge is 2.00 e. The first-order chi connectivity index (χ1) is 11.3. The van der Waals surface area contributed by atoms with E-state index in [-0.39, 0.29) is 69.9 Å². The first-order valence-electron chi connectivity index (χ1n) is 9.11. The van der Waals surface area contributed by atoms with Crippen molar-refractivity contribution in [3.05, 3.63) is 0 Å². The summed E-state index contributed by atoms with van der Waals surface area (Å²) >= 11 is 0. The number of esters is 2. The van der Waals surface area contributed by atoms with Gasteiger partial charge in [0, 0.05) is 13.1 Å². The average molecular weight is 610 g/mol. The van der Waals surface area contributed by atoms with Crippen LogP contribution in [0.15, 0.2) is 0 Å². The number of carbonyl (C=O) groups is 2. The number of hydrogen-bond donors (Lipinski definition) is 2. The van der Waals surface area contributed by atoms with Crippen LogP contribution < -0.4 is 35.4 Å². The summed E-state index contributed by atoms with van der Waals surface area (Å²) in [7, 11) is 0. The Morgan fingerprint density at radius 3 is 1.26 bits per heavy atom. The molecule has 0 saturated carbocycles. The molecular formula is C18H36Cl2N2O4Pt. The van der Waals surface area contributed by atoms with Crippen molar-refractivity contribution in [2.24, 2.45) is 11.8 Å². The van der Waals surface area contributed by atoms with Crippen LogP contribution in [0.3, 0.4) is 0 Å². The van der Waals surface area contributed by atoms with Gasteiger partial charge in [-0.3, -0.25) is 9.59 Å². The number of nitrogens with one attached hydrogen (secondary N) is 2. The van der Waals surface area contributed by atoms with Gasteiger partial charge in [0.05, 0.1) is 13.2 Å². The first kappa shape index (κ1) is 34.6. The van der Waals surface area contributed by atoms with Gasteiger partial charge in [0.15, 0.2) is 0 Å². The summed E-state index contributed by atoms with van der Waals surface area (Å²) in [5.41, 5.74) is 0. The van der Waals surface area contributed by atoms with E-state index in [2.05, 4.69) is 38.3 Å². The standard InChI is InChI=1S/C18H36N2O4.2ClH.Pt/c1-7-23-17(21)15(11-13(3)4)19-9-10-20-16(12-14(5)6)18(22)24-8-2;;;/h13-16,19-20H,7-12H2,1-6H3;2*1H;/q;;;+2/p-2/t15-,16-;;;/m0.../s1. The van der Waals surface area contributed by atoms with Crippen molar-refractivity contribution in [3.8, 4) is 0 Å². The average Bonchev–Trinajstić information content (AvgIpc) is 2.48. The monoisotopic (exact) mass is 609 g/mol. The molecule has 0 aromatic rings. The molecule has 0 fully saturated rings. The Labute approximate surface area is 191 Å². The summed E-state index contributed by atoms with van der Waals surface area (Å²) in [6.07, 6.45) is 1.46. The molecule has 6 nitrogen and oxygen atoms in total. The van der Waals surface area contributed by atoms with Gasteiger partial charge in [0.25, 0.3) is 0 Å². The maximum absolute atomic E-state index is 12.0. The van der Waals surface area contributed by atoms with E-state index < -0.39 is 0 Å². The van der Waals surface area contributed by atoms with Gasteiger partial charge in [0.2, 0.25) is 0 Å². The van der Waals surface area contributed by atoms with Crippen LogP contribution in [0.1, 0.15) is 54.4 Å². The predicted molar refractivity (Wildman–Crippen MR) is 95.8 cm³/mol. The summed E-state index contributed by atoms with van der Waals surface area (Å²) in [6.45, 7) is 13.9. The quantitative estimate of drug-likeness (QED) is 0.164. The number of halogens is 2. The van der Waals surface area contributed by atoms with E-state index in [1.54, 1.807) is 0 Å². The summed E-state index contributed by atoms with van der Waals surface area (Å²) in [5, 5.41) is 6.45. The molecule has 0 aliphatic carbocycles. The van der Waals surface area contributed by atoms with Crippen molar-refractivity contribution in [2.45, 2.75) is 66.5 Å². The number of ether oxygens (including phenoxy) is 2. The molecule has 2 N–H and O–H groups in total. The second-order valence-corrected chi connectivity index (χ2v) is 6.78. The molecule has 0 rings (SSSR count). The number of hydrogen-bond acceptors (Lipinski definition) is 6. The third-order valence-corrected chi connectivity index (χ3v) is 3.46. The van der Waals surface area contributed by atoms with Crippen LogP contribution in [-0.2, 0) is 40.1 Å². The van der Waals surface area contributed by atoms with Crippen molar-refractivity contribution in [3.63, 3.8) is 0 Å². The molecule has 0 aliphatic heterocycles. The summed E-state index contributed by atoms with van der Waals surface area (Å²) in [4.78, 5) is 23.9. The van der Waals surface area contributed by atoms with Crippen molar-refractivity contribution in [1.29, 1.82) is 0 Å². The van der Waals surface area contributed by atoms with Gasteiger partial charge in [-0.15, -0.1) is 0 Å². The van der Waals surface area contributed by atoms with Crippen molar-refractivity contribution in [1.82, 2.24) is 10.6 Å². The molecule has 0 aliphatic rings. The van der Waals surface area contributed by atoms with E-state index in [4.69, 9.17) is 9.47 Å². The summed E-state index contributed by atoms with van der Waals surface area (Å²) < 4.78 is 10.2. The van der Waals surface area contributed by atoms with Gasteiger partial charge in [-0.05, 0) is 38.5 Å². The molecule has 0 unspecified atom stereocenters. The normalized spacial score (nSPS) is 12.3. The van der Waals surface area contributed by atoms with Gasteiger partial charge in [-0.2, -0.15) is 0 Å². The van der Waals surface area contributed by atoms with Gasteiger partial charge in [-0.1, -0.05) is 27.7 Å². The second-order valence-electron chi connectivity index (χ2n) is 6.78. The van der Waals surface area contributed by atoms with E-state index in [1.165, 1.54) is 0 Å². The minimum Gasteiger partial charge on any atom is -1.00 e. The molecule has 0 aromatic carbocycles. The van der Waals surface area contributed by atoms with Crippen LogP contribution >= 0.6 is 0 Å². The number of rotatable bonds is 13. The molecule has 9 heteroatoms. The van der Waals surface area contributed by atoms with Crippen LogP contribution in [0.4, 0.5) is 0 Å². The fraction of sp³-hybridized carbons (Fsp3) is 0.889. The van der Waals surface area contributed by atoms with Crippen LogP contribution in [-0.4, -0.2) is 50.3 Å². The topological polar surface area (TPSA) is 76.7 Å². The Hall–Kier alpha value is 0.128. The third-order valence-electron chi connectivity index (χ3n) is 3.46. The summed E-state index contributed by atoms with van der Waals surface area (Å²) in [6, 6.07) is -0.615. The zero-order valence-electron chi connectivity index (χ0n) is 17.3. The predicted octanol–water partition coefficient (Wildman–Crippen LogP) is -3.87. The Morgan fingerprint density at radius 1 is 0.741 bits per heavy atom. The molecule has 0 radical (unpaired) electrons. The van der Waals surface area contributed by atoms with E-state index >= 15 is 0 Å². The Kier molecular flexibility index (Phi) is 26.7. The van der Waals surface area contributed by atoms with Crippen LogP contribution in [0.5, 0.6) is 0 Å². The number of carbonyl (C=O) groups excluding carboxylic acids is 2. The second kappa shape index (κ2) is 20.9. The molecule has 0 bridgehead atoms. The van der Waals surface area contributed by atoms with Crippen molar-refractivity contribution in [2.75, 3.05) is 26.3 Å². The van der Waals surface area contributed by atoms with Crippen LogP contribution in [0, 0.1) is 11.8 Å². The van der Waals surface area contributed by atoms with Crippen LogP contribution in [0.25, 0.3) is 0 Å². The molecule has 2 atom stereocenters. The zero-order valence-corrected chi connectivity index (χ0v) is 21.0. The molecule has 166 valence electrons. The Morgan fingerprint density at radius 2 is 1.04 bits per heavy atom. The molecule has 27 heavy (non-hydrogen) atoms. The molecule has 0 saturated heterocycles. The maximum Gasteiger partial charge on any atom is 2.00 e. The Bertz CT molecular complexity index is 341. The smallest absolute Gasteiger partial charge is 1.00 e. The third kappa shape index (κ3) is 17.9. The molecule has 0 spiro atoms. The van der Waals surface area contributed by atoms with Gasteiger partial charge >= 0.3 is 33.0 Å². The van der Waals surface area contributed by atoms with Crippen molar-refractivity contribution < 1.29 is 64.9 Å². The fourth-order valence-corrected chi connectivity index (χ4v) is 2.45. The summed E-state index contributed by atoms with van der Waals surface area (Å²) in [5.74, 6) is 0.367. The molecule has 0 heterocycles. The minimum absolute atomic E-state index is 0. The minimum atomic E-state index is -0.308. The van der Waals surface area contributed by atoms with Crippen LogP contribution in [0.2, 0.25) is 0 Å². The van der Waals surface area contributed by atoms with E-state index in [1.807, 2.05) is 13.8 Å². The van der Waals surface area contributed by atoms with Gasteiger partial charge in [0.1, 0.15) is 12.1 Å². The zero-order chi connectivity index (χ0) is 18.5. The molecular weight excluding hydrogens is 574 g/mol. The fourth-order valence-electron chi connectivity index (χ4n) is 2.45. The van der Waals surface area contributed by atoms with Crippen molar-refractivity contribution >= 4 is 11.9 Å². The molecule has 0 aromatic heterocycles.